The summed E-state index contributed by atoms with van der Waals surface area (Å²) in [5.74, 6) is -0.210. The summed E-state index contributed by atoms with van der Waals surface area (Å²) in [7, 11) is 0. The van der Waals surface area contributed by atoms with E-state index in [2.05, 4.69) is 20.5 Å². The number of carboxylic acid groups (broad SMARTS) is 1. The molecular formula is C11H15N5O3. The average molecular weight is 265 g/mol. The van der Waals surface area contributed by atoms with Crippen LogP contribution in [0.1, 0.15) is 48.7 Å². The van der Waals surface area contributed by atoms with Crippen LogP contribution in [0.3, 0.4) is 0 Å². The lowest BCUT2D eigenvalue weighted by atomic mass is 9.97. The van der Waals surface area contributed by atoms with E-state index in [-0.39, 0.29) is 17.7 Å². The predicted octanol–water partition coefficient (Wildman–Crippen LogP) is 1.01. The van der Waals surface area contributed by atoms with E-state index in [9.17, 15) is 4.79 Å². The lowest BCUT2D eigenvalue weighted by Gasteiger charge is -2.10. The molecule has 2 aromatic heterocycles. The van der Waals surface area contributed by atoms with Gasteiger partial charge in [0.15, 0.2) is 5.69 Å². The second-order valence-electron chi connectivity index (χ2n) is 5.24. The van der Waals surface area contributed by atoms with Crippen molar-refractivity contribution < 1.29 is 14.3 Å². The van der Waals surface area contributed by atoms with E-state index in [1.54, 1.807) is 6.92 Å². The number of aromatic nitrogens is 5. The Morgan fingerprint density at radius 3 is 2.47 bits per heavy atom. The quantitative estimate of drug-likeness (QED) is 0.882. The molecule has 0 radical (unpaired) electrons. The molecule has 0 atom stereocenters. The van der Waals surface area contributed by atoms with Gasteiger partial charge in [0, 0.05) is 5.41 Å². The van der Waals surface area contributed by atoms with Gasteiger partial charge in [-0.25, -0.2) is 9.48 Å². The second-order valence-corrected chi connectivity index (χ2v) is 5.24. The van der Waals surface area contributed by atoms with Crippen LogP contribution < -0.4 is 0 Å². The third-order valence-corrected chi connectivity index (χ3v) is 2.58. The molecule has 0 fully saturated rings. The minimum Gasteiger partial charge on any atom is -0.476 e. The van der Waals surface area contributed by atoms with Crippen molar-refractivity contribution in [1.82, 2.24) is 25.2 Å². The van der Waals surface area contributed by atoms with Gasteiger partial charge in [0.25, 0.3) is 0 Å². The summed E-state index contributed by atoms with van der Waals surface area (Å²) in [6.45, 7) is 7.73. The predicted molar refractivity (Wildman–Crippen MR) is 63.8 cm³/mol. The maximum atomic E-state index is 10.9. The number of hydrogen-bond donors (Lipinski definition) is 1. The van der Waals surface area contributed by atoms with Crippen molar-refractivity contribution in [2.75, 3.05) is 0 Å². The third-order valence-electron chi connectivity index (χ3n) is 2.58. The van der Waals surface area contributed by atoms with Gasteiger partial charge in [-0.3, -0.25) is 0 Å². The molecule has 102 valence electrons. The summed E-state index contributed by atoms with van der Waals surface area (Å²) in [4.78, 5) is 10.9. The van der Waals surface area contributed by atoms with Gasteiger partial charge in [-0.2, -0.15) is 0 Å². The van der Waals surface area contributed by atoms with Crippen molar-refractivity contribution in [1.29, 1.82) is 0 Å². The van der Waals surface area contributed by atoms with Gasteiger partial charge in [0.1, 0.15) is 6.54 Å². The molecular weight excluding hydrogens is 250 g/mol. The Morgan fingerprint density at radius 1 is 1.32 bits per heavy atom. The average Bonchev–Trinajstić information content (AvgIpc) is 2.87. The first-order valence-corrected chi connectivity index (χ1v) is 5.75. The van der Waals surface area contributed by atoms with Gasteiger partial charge in [0.05, 0.1) is 5.69 Å². The Morgan fingerprint density at radius 2 is 2.00 bits per heavy atom. The Kier molecular flexibility index (Phi) is 3.09. The molecule has 0 aliphatic carbocycles. The monoisotopic (exact) mass is 265 g/mol. The number of aromatic carboxylic acids is 1. The van der Waals surface area contributed by atoms with Crippen molar-refractivity contribution in [3.63, 3.8) is 0 Å². The molecule has 0 aliphatic rings. The number of carbonyl (C=O) groups is 1. The van der Waals surface area contributed by atoms with Crippen molar-refractivity contribution >= 4 is 5.97 Å². The minimum atomic E-state index is -1.11. The summed E-state index contributed by atoms with van der Waals surface area (Å²) in [6, 6.07) is 0. The lowest BCUT2D eigenvalue weighted by Crippen LogP contribution is -2.11. The van der Waals surface area contributed by atoms with Crippen LogP contribution in [0, 0.1) is 6.92 Å². The highest BCUT2D eigenvalue weighted by molar-refractivity contribution is 5.86. The molecule has 2 aromatic rings. The van der Waals surface area contributed by atoms with E-state index in [0.717, 1.165) is 0 Å². The molecule has 0 bridgehead atoms. The molecule has 0 aliphatic heterocycles. The van der Waals surface area contributed by atoms with Gasteiger partial charge in [-0.1, -0.05) is 26.0 Å². The first kappa shape index (κ1) is 13.2. The molecule has 0 spiro atoms. The Hall–Kier alpha value is -2.25. The summed E-state index contributed by atoms with van der Waals surface area (Å²) in [5, 5.41) is 24.1. The Bertz CT molecular complexity index is 608. The third kappa shape index (κ3) is 2.61. The van der Waals surface area contributed by atoms with Gasteiger partial charge in [-0.15, -0.1) is 15.3 Å². The van der Waals surface area contributed by atoms with E-state index < -0.39 is 5.97 Å². The van der Waals surface area contributed by atoms with Gasteiger partial charge in [-0.05, 0) is 6.92 Å². The maximum absolute atomic E-state index is 10.9. The van der Waals surface area contributed by atoms with Crippen LogP contribution in [-0.4, -0.2) is 36.3 Å². The lowest BCUT2D eigenvalue weighted by molar-refractivity contribution is 0.0689. The molecule has 8 heteroatoms. The van der Waals surface area contributed by atoms with Crippen LogP contribution in [-0.2, 0) is 12.0 Å². The minimum absolute atomic E-state index is 0.0736. The standard InChI is InChI=1S/C11H15N5O3/c1-6-8(9(17)18)13-15-16(6)5-7-12-14-10(19-7)11(2,3)4/h5H2,1-4H3,(H,17,18). The van der Waals surface area contributed by atoms with Crippen molar-refractivity contribution in [3.05, 3.63) is 23.2 Å². The smallest absolute Gasteiger partial charge is 0.358 e. The van der Waals surface area contributed by atoms with Crippen LogP contribution in [0.25, 0.3) is 0 Å². The number of nitrogens with zero attached hydrogens (tertiary/aromatic N) is 5. The highest BCUT2D eigenvalue weighted by Crippen LogP contribution is 2.20. The first-order chi connectivity index (χ1) is 8.79. The zero-order chi connectivity index (χ0) is 14.2. The molecule has 0 saturated heterocycles. The maximum Gasteiger partial charge on any atom is 0.358 e. The van der Waals surface area contributed by atoms with Gasteiger partial charge in [0.2, 0.25) is 11.8 Å². The fourth-order valence-corrected chi connectivity index (χ4v) is 1.46. The molecule has 19 heavy (non-hydrogen) atoms. The van der Waals surface area contributed by atoms with Crippen LogP contribution in [0.2, 0.25) is 0 Å². The number of hydrogen-bond acceptors (Lipinski definition) is 6. The van der Waals surface area contributed by atoms with E-state index in [0.29, 0.717) is 17.5 Å². The number of rotatable bonds is 3. The first-order valence-electron chi connectivity index (χ1n) is 5.75. The van der Waals surface area contributed by atoms with Crippen molar-refractivity contribution in [2.45, 2.75) is 39.7 Å². The zero-order valence-electron chi connectivity index (χ0n) is 11.2. The molecule has 2 rings (SSSR count). The SMILES string of the molecule is Cc1c(C(=O)O)nnn1Cc1nnc(C(C)(C)C)o1. The summed E-state index contributed by atoms with van der Waals surface area (Å²) >= 11 is 0. The molecule has 1 N–H and O–H groups in total. The highest BCUT2D eigenvalue weighted by atomic mass is 16.4. The van der Waals surface area contributed by atoms with E-state index in [1.165, 1.54) is 4.68 Å². The molecule has 8 nitrogen and oxygen atoms in total. The van der Waals surface area contributed by atoms with Crippen LogP contribution in [0.15, 0.2) is 4.42 Å². The Balaban J connectivity index is 2.22. The number of carboxylic acids is 1. The molecule has 0 unspecified atom stereocenters. The van der Waals surface area contributed by atoms with Gasteiger partial charge >= 0.3 is 5.97 Å². The van der Waals surface area contributed by atoms with Crippen LogP contribution in [0.5, 0.6) is 0 Å². The summed E-state index contributed by atoms with van der Waals surface area (Å²) in [5.41, 5.74) is 0.146. The molecule has 2 heterocycles. The largest absolute Gasteiger partial charge is 0.476 e. The molecule has 0 amide bonds. The van der Waals surface area contributed by atoms with Crippen molar-refractivity contribution in [3.8, 4) is 0 Å². The highest BCUT2D eigenvalue weighted by Gasteiger charge is 2.22. The zero-order valence-corrected chi connectivity index (χ0v) is 11.2. The fraction of sp³-hybridized carbons (Fsp3) is 0.545. The Labute approximate surface area is 109 Å². The van der Waals surface area contributed by atoms with Crippen LogP contribution >= 0.6 is 0 Å². The molecule has 0 saturated carbocycles. The van der Waals surface area contributed by atoms with Gasteiger partial charge < -0.3 is 9.52 Å². The van der Waals surface area contributed by atoms with Crippen LogP contribution in [0.4, 0.5) is 0 Å². The normalized spacial score (nSPS) is 11.8. The van der Waals surface area contributed by atoms with E-state index >= 15 is 0 Å². The van der Waals surface area contributed by atoms with Crippen molar-refractivity contribution in [2.24, 2.45) is 0 Å². The van der Waals surface area contributed by atoms with E-state index in [1.807, 2.05) is 20.8 Å². The second kappa shape index (κ2) is 4.45. The topological polar surface area (TPSA) is 107 Å². The molecule has 0 aromatic carbocycles. The fourth-order valence-electron chi connectivity index (χ4n) is 1.46. The summed E-state index contributed by atoms with van der Waals surface area (Å²) < 4.78 is 6.94. The summed E-state index contributed by atoms with van der Waals surface area (Å²) in [6.07, 6.45) is 0. The van der Waals surface area contributed by atoms with E-state index in [4.69, 9.17) is 9.52 Å².